The Balaban J connectivity index is 1.78. The standard InChI is InChI=1S/C24H28N2O3S2/c1-3-4-13-26(22(27)16-20-7-5-14-30-20)23(21-8-6-15-31-21)24(28)25-17-18-9-11-19(29-2)12-10-18/h5-12,14-15,23H,3-4,13,16-17H2,1-2H3,(H,25,28)/t23-/m0/s1. The number of hydrogen-bond acceptors (Lipinski definition) is 5. The van der Waals surface area contributed by atoms with Crippen molar-refractivity contribution in [2.24, 2.45) is 0 Å². The van der Waals surface area contributed by atoms with E-state index >= 15 is 0 Å². The summed E-state index contributed by atoms with van der Waals surface area (Å²) in [6.45, 7) is 3.04. The van der Waals surface area contributed by atoms with Crippen LogP contribution in [0, 0.1) is 0 Å². The predicted octanol–water partition coefficient (Wildman–Crippen LogP) is 5.05. The summed E-state index contributed by atoms with van der Waals surface area (Å²) in [6.07, 6.45) is 2.12. The van der Waals surface area contributed by atoms with Crippen molar-refractivity contribution in [1.29, 1.82) is 0 Å². The third kappa shape index (κ3) is 6.42. The number of nitrogens with one attached hydrogen (secondary N) is 1. The molecule has 0 spiro atoms. The maximum atomic E-state index is 13.3. The van der Waals surface area contributed by atoms with Crippen LogP contribution in [0.25, 0.3) is 0 Å². The van der Waals surface area contributed by atoms with E-state index in [2.05, 4.69) is 12.2 Å². The molecular weight excluding hydrogens is 428 g/mol. The third-order valence-electron chi connectivity index (χ3n) is 4.98. The van der Waals surface area contributed by atoms with Crippen LogP contribution in [-0.2, 0) is 22.6 Å². The van der Waals surface area contributed by atoms with E-state index in [1.807, 2.05) is 59.3 Å². The van der Waals surface area contributed by atoms with Crippen molar-refractivity contribution in [3.8, 4) is 5.75 Å². The van der Waals surface area contributed by atoms with Gasteiger partial charge in [0.2, 0.25) is 11.8 Å². The fourth-order valence-electron chi connectivity index (χ4n) is 3.29. The molecule has 3 aromatic rings. The van der Waals surface area contributed by atoms with Crippen molar-refractivity contribution >= 4 is 34.5 Å². The molecule has 2 amide bonds. The second-order valence-corrected chi connectivity index (χ2v) is 9.19. The van der Waals surface area contributed by atoms with E-state index in [1.54, 1.807) is 23.3 Å². The van der Waals surface area contributed by atoms with Crippen LogP contribution in [0.5, 0.6) is 5.75 Å². The van der Waals surface area contributed by atoms with Gasteiger partial charge >= 0.3 is 0 Å². The van der Waals surface area contributed by atoms with Crippen LogP contribution < -0.4 is 10.1 Å². The fourth-order valence-corrected chi connectivity index (χ4v) is 4.82. The Morgan fingerprint density at radius 1 is 1.06 bits per heavy atom. The van der Waals surface area contributed by atoms with Crippen LogP contribution in [0.1, 0.15) is 41.1 Å². The number of thiophene rings is 2. The van der Waals surface area contributed by atoms with Crippen LogP contribution in [0.3, 0.4) is 0 Å². The number of carbonyl (C=O) groups excluding carboxylic acids is 2. The Morgan fingerprint density at radius 2 is 1.81 bits per heavy atom. The molecule has 0 aliphatic carbocycles. The Morgan fingerprint density at radius 3 is 2.42 bits per heavy atom. The van der Waals surface area contributed by atoms with Crippen LogP contribution in [-0.4, -0.2) is 30.4 Å². The van der Waals surface area contributed by atoms with Crippen LogP contribution >= 0.6 is 22.7 Å². The van der Waals surface area contributed by atoms with Crippen LogP contribution in [0.2, 0.25) is 0 Å². The topological polar surface area (TPSA) is 58.6 Å². The molecule has 0 aliphatic rings. The molecule has 5 nitrogen and oxygen atoms in total. The number of benzene rings is 1. The van der Waals surface area contributed by atoms with Gasteiger partial charge in [-0.3, -0.25) is 9.59 Å². The number of ether oxygens (including phenoxy) is 1. The number of hydrogen-bond donors (Lipinski definition) is 1. The van der Waals surface area contributed by atoms with E-state index in [-0.39, 0.29) is 11.8 Å². The molecule has 1 atom stereocenters. The SMILES string of the molecule is CCCCN(C(=O)Cc1cccs1)[C@H](C(=O)NCc1ccc(OC)cc1)c1cccs1. The molecule has 0 radical (unpaired) electrons. The molecular formula is C24H28N2O3S2. The fraction of sp³-hybridized carbons (Fsp3) is 0.333. The Labute approximate surface area is 191 Å². The Kier molecular flexibility index (Phi) is 8.67. The van der Waals surface area contributed by atoms with Gasteiger partial charge < -0.3 is 15.0 Å². The minimum atomic E-state index is -0.628. The van der Waals surface area contributed by atoms with Crippen LogP contribution in [0.4, 0.5) is 0 Å². The van der Waals surface area contributed by atoms with E-state index in [9.17, 15) is 9.59 Å². The van der Waals surface area contributed by atoms with E-state index in [4.69, 9.17) is 4.74 Å². The average Bonchev–Trinajstić information content (AvgIpc) is 3.49. The molecule has 31 heavy (non-hydrogen) atoms. The molecule has 0 aliphatic heterocycles. The first-order valence-electron chi connectivity index (χ1n) is 10.4. The van der Waals surface area contributed by atoms with Crippen molar-refractivity contribution < 1.29 is 14.3 Å². The molecule has 0 unspecified atom stereocenters. The summed E-state index contributed by atoms with van der Waals surface area (Å²) in [5.41, 5.74) is 0.976. The summed E-state index contributed by atoms with van der Waals surface area (Å²) >= 11 is 3.07. The lowest BCUT2D eigenvalue weighted by molar-refractivity contribution is -0.140. The van der Waals surface area contributed by atoms with Crippen molar-refractivity contribution in [3.05, 3.63) is 74.6 Å². The van der Waals surface area contributed by atoms with Crippen molar-refractivity contribution in [1.82, 2.24) is 10.2 Å². The van der Waals surface area contributed by atoms with Crippen molar-refractivity contribution in [2.45, 2.75) is 38.8 Å². The molecule has 2 heterocycles. The van der Waals surface area contributed by atoms with Gasteiger partial charge in [-0.2, -0.15) is 0 Å². The molecule has 3 rings (SSSR count). The summed E-state index contributed by atoms with van der Waals surface area (Å²) in [5, 5.41) is 6.95. The van der Waals surface area contributed by atoms with Crippen molar-refractivity contribution in [2.75, 3.05) is 13.7 Å². The first-order chi connectivity index (χ1) is 15.1. The Bertz CT molecular complexity index is 938. The number of rotatable bonds is 11. The normalized spacial score (nSPS) is 11.7. The summed E-state index contributed by atoms with van der Waals surface area (Å²) in [4.78, 5) is 30.2. The summed E-state index contributed by atoms with van der Waals surface area (Å²) in [5.74, 6) is 0.597. The predicted molar refractivity (Wildman–Crippen MR) is 127 cm³/mol. The highest BCUT2D eigenvalue weighted by atomic mass is 32.1. The monoisotopic (exact) mass is 456 g/mol. The second kappa shape index (κ2) is 11.7. The van der Waals surface area contributed by atoms with Gasteiger partial charge in [0.25, 0.3) is 0 Å². The highest BCUT2D eigenvalue weighted by Gasteiger charge is 2.31. The molecule has 2 aromatic heterocycles. The van der Waals surface area contributed by atoms with E-state index in [0.29, 0.717) is 19.5 Å². The van der Waals surface area contributed by atoms with E-state index < -0.39 is 6.04 Å². The summed E-state index contributed by atoms with van der Waals surface area (Å²) in [6, 6.07) is 14.7. The van der Waals surface area contributed by atoms with Gasteiger partial charge in [-0.05, 0) is 47.0 Å². The minimum Gasteiger partial charge on any atom is -0.497 e. The molecule has 1 aromatic carbocycles. The number of methoxy groups -OCH3 is 1. The maximum absolute atomic E-state index is 13.3. The largest absolute Gasteiger partial charge is 0.497 e. The molecule has 0 saturated heterocycles. The third-order valence-corrected chi connectivity index (χ3v) is 6.78. The van der Waals surface area contributed by atoms with Gasteiger partial charge in [-0.15, -0.1) is 22.7 Å². The maximum Gasteiger partial charge on any atom is 0.248 e. The lowest BCUT2D eigenvalue weighted by atomic mass is 10.1. The lowest BCUT2D eigenvalue weighted by Gasteiger charge is -2.30. The number of unbranched alkanes of at least 4 members (excludes halogenated alkanes) is 1. The van der Waals surface area contributed by atoms with Crippen molar-refractivity contribution in [3.63, 3.8) is 0 Å². The quantitative estimate of drug-likeness (QED) is 0.439. The zero-order valence-electron chi connectivity index (χ0n) is 17.9. The zero-order valence-corrected chi connectivity index (χ0v) is 19.5. The van der Waals surface area contributed by atoms with Gasteiger partial charge in [-0.25, -0.2) is 0 Å². The average molecular weight is 457 g/mol. The van der Waals surface area contributed by atoms with Gasteiger partial charge in [0, 0.05) is 22.8 Å². The number of nitrogens with zero attached hydrogens (tertiary/aromatic N) is 1. The highest BCUT2D eigenvalue weighted by Crippen LogP contribution is 2.27. The van der Waals surface area contributed by atoms with Gasteiger partial charge in [-0.1, -0.05) is 37.6 Å². The summed E-state index contributed by atoms with van der Waals surface area (Å²) < 4.78 is 5.19. The Hall–Kier alpha value is -2.64. The first-order valence-corrected chi connectivity index (χ1v) is 12.1. The van der Waals surface area contributed by atoms with Gasteiger partial charge in [0.05, 0.1) is 13.5 Å². The second-order valence-electron chi connectivity index (χ2n) is 7.18. The highest BCUT2D eigenvalue weighted by molar-refractivity contribution is 7.10. The molecule has 0 saturated carbocycles. The zero-order chi connectivity index (χ0) is 22.1. The van der Waals surface area contributed by atoms with Gasteiger partial charge in [0.15, 0.2) is 0 Å². The molecule has 0 bridgehead atoms. The molecule has 7 heteroatoms. The number of carbonyl (C=O) groups is 2. The van der Waals surface area contributed by atoms with E-state index in [0.717, 1.165) is 33.9 Å². The molecule has 164 valence electrons. The smallest absolute Gasteiger partial charge is 0.248 e. The lowest BCUT2D eigenvalue weighted by Crippen LogP contribution is -2.44. The first kappa shape index (κ1) is 23.0. The molecule has 1 N–H and O–H groups in total. The van der Waals surface area contributed by atoms with Crippen LogP contribution in [0.15, 0.2) is 59.3 Å². The number of amides is 2. The molecule has 0 fully saturated rings. The van der Waals surface area contributed by atoms with E-state index in [1.165, 1.54) is 11.3 Å². The van der Waals surface area contributed by atoms with Gasteiger partial charge in [0.1, 0.15) is 11.8 Å². The summed E-state index contributed by atoms with van der Waals surface area (Å²) in [7, 11) is 1.63. The minimum absolute atomic E-state index is 0.0195.